The van der Waals surface area contributed by atoms with Gasteiger partial charge in [0.2, 0.25) is 0 Å². The molecule has 1 aromatic heterocycles. The topological polar surface area (TPSA) is 62.3 Å². The molecule has 1 N–H and O–H groups in total. The fraction of sp³-hybridized carbons (Fsp3) is 0.643. The number of aromatic nitrogens is 1. The number of nitrogens with one attached hydrogen (secondary N) is 1. The van der Waals surface area contributed by atoms with Crippen LogP contribution in [0, 0.1) is 5.92 Å². The number of nitrogens with zero attached hydrogens (tertiary/aromatic N) is 2. The lowest BCUT2D eigenvalue weighted by atomic mass is 10.2. The van der Waals surface area contributed by atoms with Crippen LogP contribution in [0.3, 0.4) is 0 Å². The molecule has 2 heterocycles. The Morgan fingerprint density at radius 3 is 2.80 bits per heavy atom. The molecule has 20 heavy (non-hydrogen) atoms. The molecule has 112 valence electrons. The number of hydrogen-bond donors (Lipinski definition) is 1. The third-order valence-electron chi connectivity index (χ3n) is 3.54. The third kappa shape index (κ3) is 3.56. The van der Waals surface area contributed by atoms with E-state index in [4.69, 9.17) is 0 Å². The monoisotopic (exact) mass is 297 g/mol. The van der Waals surface area contributed by atoms with E-state index in [0.717, 1.165) is 31.5 Å². The molecule has 1 unspecified atom stereocenters. The first kappa shape index (κ1) is 15.4. The first-order valence-electron chi connectivity index (χ1n) is 7.20. The highest BCUT2D eigenvalue weighted by Gasteiger charge is 2.31. The summed E-state index contributed by atoms with van der Waals surface area (Å²) in [7, 11) is -3.41. The Labute approximate surface area is 121 Å². The van der Waals surface area contributed by atoms with E-state index in [-0.39, 0.29) is 5.03 Å². The number of pyridine rings is 1. The molecule has 1 fully saturated rings. The predicted molar refractivity (Wildman–Crippen MR) is 78.8 cm³/mol. The van der Waals surface area contributed by atoms with Gasteiger partial charge in [-0.15, -0.1) is 0 Å². The minimum Gasteiger partial charge on any atom is -0.313 e. The zero-order valence-electron chi connectivity index (χ0n) is 12.2. The summed E-state index contributed by atoms with van der Waals surface area (Å²) in [4.78, 5) is 4.13. The second-order valence-electron chi connectivity index (χ2n) is 5.44. The molecule has 1 aliphatic heterocycles. The van der Waals surface area contributed by atoms with Crippen LogP contribution < -0.4 is 5.32 Å². The van der Waals surface area contributed by atoms with Crippen LogP contribution in [0.5, 0.6) is 0 Å². The minimum absolute atomic E-state index is 0.158. The van der Waals surface area contributed by atoms with Gasteiger partial charge in [0.1, 0.15) is 0 Å². The highest BCUT2D eigenvalue weighted by molar-refractivity contribution is 7.89. The van der Waals surface area contributed by atoms with Gasteiger partial charge < -0.3 is 5.32 Å². The summed E-state index contributed by atoms with van der Waals surface area (Å²) in [6, 6.07) is 3.45. The lowest BCUT2D eigenvalue weighted by Crippen LogP contribution is -2.29. The van der Waals surface area contributed by atoms with Crippen molar-refractivity contribution in [1.29, 1.82) is 0 Å². The molecule has 5 nitrogen and oxygen atoms in total. The standard InChI is InChI=1S/C14H23N3O2S/c1-3-7-15-9-13-4-5-14(16-10-13)20(18,19)17-8-6-12(2)11-17/h4-5,10,12,15H,3,6-9,11H2,1-2H3. The SMILES string of the molecule is CCCNCc1ccc(S(=O)(=O)N2CCC(C)C2)nc1. The largest absolute Gasteiger partial charge is 0.313 e. The van der Waals surface area contributed by atoms with Gasteiger partial charge in [-0.05, 0) is 36.9 Å². The highest BCUT2D eigenvalue weighted by Crippen LogP contribution is 2.22. The van der Waals surface area contributed by atoms with Crippen LogP contribution in [0.4, 0.5) is 0 Å². The van der Waals surface area contributed by atoms with Crippen molar-refractivity contribution in [2.45, 2.75) is 38.3 Å². The molecular formula is C14H23N3O2S. The number of rotatable bonds is 6. The Morgan fingerprint density at radius 1 is 1.45 bits per heavy atom. The van der Waals surface area contributed by atoms with E-state index in [1.165, 1.54) is 4.31 Å². The number of sulfonamides is 1. The van der Waals surface area contributed by atoms with E-state index in [2.05, 4.69) is 24.1 Å². The van der Waals surface area contributed by atoms with Gasteiger partial charge in [-0.2, -0.15) is 4.31 Å². The first-order chi connectivity index (χ1) is 9.54. The van der Waals surface area contributed by atoms with Gasteiger partial charge >= 0.3 is 0 Å². The Morgan fingerprint density at radius 2 is 2.25 bits per heavy atom. The zero-order valence-corrected chi connectivity index (χ0v) is 13.0. The van der Waals surface area contributed by atoms with Gasteiger partial charge in [-0.3, -0.25) is 0 Å². The zero-order chi connectivity index (χ0) is 14.6. The fourth-order valence-corrected chi connectivity index (χ4v) is 3.81. The fourth-order valence-electron chi connectivity index (χ4n) is 2.32. The van der Waals surface area contributed by atoms with Crippen LogP contribution in [0.1, 0.15) is 32.3 Å². The molecule has 6 heteroatoms. The maximum Gasteiger partial charge on any atom is 0.260 e. The molecule has 0 aromatic carbocycles. The van der Waals surface area contributed by atoms with Gasteiger partial charge in [-0.1, -0.05) is 19.9 Å². The summed E-state index contributed by atoms with van der Waals surface area (Å²) in [6.07, 6.45) is 3.65. The Bertz CT molecular complexity index is 528. The van der Waals surface area contributed by atoms with Crippen molar-refractivity contribution in [3.63, 3.8) is 0 Å². The van der Waals surface area contributed by atoms with Crippen LogP contribution in [0.15, 0.2) is 23.4 Å². The summed E-state index contributed by atoms with van der Waals surface area (Å²) in [5, 5.41) is 3.43. The van der Waals surface area contributed by atoms with E-state index in [9.17, 15) is 8.42 Å². The van der Waals surface area contributed by atoms with E-state index in [1.54, 1.807) is 12.3 Å². The van der Waals surface area contributed by atoms with Crippen LogP contribution in [-0.4, -0.2) is 37.3 Å². The summed E-state index contributed by atoms with van der Waals surface area (Å²) >= 11 is 0. The smallest absolute Gasteiger partial charge is 0.260 e. The second kappa shape index (κ2) is 6.65. The van der Waals surface area contributed by atoms with Crippen molar-refractivity contribution >= 4 is 10.0 Å². The predicted octanol–water partition coefficient (Wildman–Crippen LogP) is 1.61. The highest BCUT2D eigenvalue weighted by atomic mass is 32.2. The maximum atomic E-state index is 12.4. The molecule has 1 aromatic rings. The molecule has 0 aliphatic carbocycles. The summed E-state index contributed by atoms with van der Waals surface area (Å²) < 4.78 is 26.3. The molecule has 0 bridgehead atoms. The first-order valence-corrected chi connectivity index (χ1v) is 8.64. The minimum atomic E-state index is -3.41. The average Bonchev–Trinajstić information content (AvgIpc) is 2.87. The van der Waals surface area contributed by atoms with E-state index >= 15 is 0 Å². The summed E-state index contributed by atoms with van der Waals surface area (Å²) in [5.74, 6) is 0.433. The van der Waals surface area contributed by atoms with Crippen molar-refractivity contribution in [2.24, 2.45) is 5.92 Å². The summed E-state index contributed by atoms with van der Waals surface area (Å²) in [6.45, 7) is 7.06. The van der Waals surface area contributed by atoms with Crippen molar-refractivity contribution < 1.29 is 8.42 Å². The molecule has 0 spiro atoms. The van der Waals surface area contributed by atoms with Crippen molar-refractivity contribution in [3.8, 4) is 0 Å². The van der Waals surface area contributed by atoms with Crippen LogP contribution in [0.25, 0.3) is 0 Å². The second-order valence-corrected chi connectivity index (χ2v) is 7.32. The Balaban J connectivity index is 2.05. The molecule has 2 rings (SSSR count). The van der Waals surface area contributed by atoms with Gasteiger partial charge in [0.05, 0.1) is 0 Å². The molecule has 0 saturated carbocycles. The van der Waals surface area contributed by atoms with Gasteiger partial charge in [0.25, 0.3) is 10.0 Å². The van der Waals surface area contributed by atoms with Gasteiger partial charge in [0, 0.05) is 25.8 Å². The van der Waals surface area contributed by atoms with E-state index in [1.807, 2.05) is 6.07 Å². The van der Waals surface area contributed by atoms with E-state index in [0.29, 0.717) is 19.0 Å². The maximum absolute atomic E-state index is 12.4. The van der Waals surface area contributed by atoms with Gasteiger partial charge in [0.15, 0.2) is 5.03 Å². The average molecular weight is 297 g/mol. The Kier molecular flexibility index (Phi) is 5.12. The van der Waals surface area contributed by atoms with E-state index < -0.39 is 10.0 Å². The molecular weight excluding hydrogens is 274 g/mol. The molecule has 0 amide bonds. The lowest BCUT2D eigenvalue weighted by Gasteiger charge is -2.15. The van der Waals surface area contributed by atoms with Gasteiger partial charge in [-0.25, -0.2) is 13.4 Å². The van der Waals surface area contributed by atoms with Crippen molar-refractivity contribution in [2.75, 3.05) is 19.6 Å². The molecule has 0 radical (unpaired) electrons. The lowest BCUT2D eigenvalue weighted by molar-refractivity contribution is 0.461. The normalized spacial score (nSPS) is 20.4. The molecule has 1 saturated heterocycles. The molecule has 1 aliphatic rings. The molecule has 1 atom stereocenters. The van der Waals surface area contributed by atoms with Crippen molar-refractivity contribution in [1.82, 2.24) is 14.6 Å². The van der Waals surface area contributed by atoms with Crippen LogP contribution in [-0.2, 0) is 16.6 Å². The number of hydrogen-bond acceptors (Lipinski definition) is 4. The van der Waals surface area contributed by atoms with Crippen LogP contribution in [0.2, 0.25) is 0 Å². The van der Waals surface area contributed by atoms with Crippen molar-refractivity contribution in [3.05, 3.63) is 23.9 Å². The van der Waals surface area contributed by atoms with Crippen LogP contribution >= 0.6 is 0 Å². The third-order valence-corrected chi connectivity index (χ3v) is 5.33. The Hall–Kier alpha value is -0.980. The summed E-state index contributed by atoms with van der Waals surface area (Å²) in [5.41, 5.74) is 1.01. The quantitative estimate of drug-likeness (QED) is 0.810.